The van der Waals surface area contributed by atoms with Crippen LogP contribution in [0.15, 0.2) is 12.2 Å². The van der Waals surface area contributed by atoms with E-state index in [1.54, 1.807) is 12.2 Å². The van der Waals surface area contributed by atoms with Crippen molar-refractivity contribution in [2.24, 2.45) is 11.8 Å². The van der Waals surface area contributed by atoms with Gasteiger partial charge >= 0.3 is 5.97 Å². The van der Waals surface area contributed by atoms with Crippen LogP contribution in [0.5, 0.6) is 0 Å². The fourth-order valence-electron chi connectivity index (χ4n) is 3.15. The van der Waals surface area contributed by atoms with Gasteiger partial charge < -0.3 is 15.2 Å². The molecule has 1 fully saturated rings. The van der Waals surface area contributed by atoms with Crippen LogP contribution in [0, 0.1) is 11.8 Å². The molecule has 0 spiro atoms. The second kappa shape index (κ2) is 7.59. The Kier molecular flexibility index (Phi) is 5.79. The third-order valence-electron chi connectivity index (χ3n) is 4.32. The predicted molar refractivity (Wildman–Crippen MR) is 78.8 cm³/mol. The van der Waals surface area contributed by atoms with Crippen LogP contribution in [0.25, 0.3) is 0 Å². The number of carbonyl (C=O) groups excluding carboxylic acids is 1. The second-order valence-electron chi connectivity index (χ2n) is 5.90. The van der Waals surface area contributed by atoms with Crippen LogP contribution in [-0.2, 0) is 14.3 Å². The third-order valence-corrected chi connectivity index (χ3v) is 4.32. The van der Waals surface area contributed by atoms with Crippen LogP contribution in [0.3, 0.4) is 0 Å². The van der Waals surface area contributed by atoms with Crippen molar-refractivity contribution < 1.29 is 19.4 Å². The summed E-state index contributed by atoms with van der Waals surface area (Å²) in [5.41, 5.74) is 0. The van der Waals surface area contributed by atoms with Gasteiger partial charge in [-0.15, -0.1) is 0 Å². The minimum Gasteiger partial charge on any atom is -0.481 e. The maximum Gasteiger partial charge on any atom is 0.310 e. The molecule has 118 valence electrons. The van der Waals surface area contributed by atoms with Crippen LogP contribution in [0.1, 0.15) is 45.4 Å². The predicted octanol–water partition coefficient (Wildman–Crippen LogP) is 2.12. The number of unbranched alkanes of at least 4 members (excludes halogenated alkanes) is 5. The maximum absolute atomic E-state index is 12.2. The molecule has 2 aliphatic heterocycles. The Hall–Kier alpha value is -1.36. The van der Waals surface area contributed by atoms with Crippen molar-refractivity contribution in [1.82, 2.24) is 5.32 Å². The number of ether oxygens (including phenoxy) is 1. The molecule has 0 radical (unpaired) electrons. The molecule has 21 heavy (non-hydrogen) atoms. The Morgan fingerprint density at radius 3 is 2.33 bits per heavy atom. The summed E-state index contributed by atoms with van der Waals surface area (Å²) >= 11 is 0. The second-order valence-corrected chi connectivity index (χ2v) is 5.90. The lowest BCUT2D eigenvalue weighted by Crippen LogP contribution is -2.42. The lowest BCUT2D eigenvalue weighted by atomic mass is 9.82. The molecule has 0 aliphatic carbocycles. The molecular weight excluding hydrogens is 270 g/mol. The fraction of sp³-hybridized carbons (Fsp3) is 0.750. The summed E-state index contributed by atoms with van der Waals surface area (Å²) < 4.78 is 5.50. The van der Waals surface area contributed by atoms with Crippen molar-refractivity contribution in [2.45, 2.75) is 57.7 Å². The highest BCUT2D eigenvalue weighted by Crippen LogP contribution is 2.39. The molecular formula is C16H25NO4. The molecule has 0 aromatic heterocycles. The molecule has 1 saturated heterocycles. The number of nitrogens with one attached hydrogen (secondary N) is 1. The van der Waals surface area contributed by atoms with Gasteiger partial charge in [0.05, 0.1) is 18.1 Å². The van der Waals surface area contributed by atoms with Crippen LogP contribution in [0.4, 0.5) is 0 Å². The highest BCUT2D eigenvalue weighted by Gasteiger charge is 2.52. The van der Waals surface area contributed by atoms with Crippen molar-refractivity contribution in [3.63, 3.8) is 0 Å². The summed E-state index contributed by atoms with van der Waals surface area (Å²) in [6.45, 7) is 2.81. The standard InChI is InChI=1S/C16H25NO4/c1-2-3-4-5-6-7-10-17-15(18)13-11-8-9-12(21-11)14(13)16(19)20/h8-9,11-14H,2-7,10H2,1H3,(H,17,18)(H,19,20)/t11-,12+,13-,14+/m1/s1. The van der Waals surface area contributed by atoms with E-state index in [2.05, 4.69) is 12.2 Å². The molecule has 0 saturated carbocycles. The summed E-state index contributed by atoms with van der Waals surface area (Å²) in [5, 5.41) is 12.1. The molecule has 1 amide bonds. The number of amides is 1. The van der Waals surface area contributed by atoms with Gasteiger partial charge in [0.1, 0.15) is 5.92 Å². The van der Waals surface area contributed by atoms with E-state index in [9.17, 15) is 14.7 Å². The lowest BCUT2D eigenvalue weighted by Gasteiger charge is -2.20. The number of aliphatic carboxylic acids is 1. The van der Waals surface area contributed by atoms with E-state index in [0.717, 1.165) is 12.8 Å². The average molecular weight is 295 g/mol. The minimum absolute atomic E-state index is 0.187. The van der Waals surface area contributed by atoms with E-state index < -0.39 is 23.9 Å². The molecule has 2 aliphatic rings. The van der Waals surface area contributed by atoms with Crippen molar-refractivity contribution in [1.29, 1.82) is 0 Å². The molecule has 2 heterocycles. The number of carboxylic acid groups (broad SMARTS) is 1. The van der Waals surface area contributed by atoms with E-state index in [0.29, 0.717) is 6.54 Å². The van der Waals surface area contributed by atoms with Crippen LogP contribution in [-0.4, -0.2) is 35.7 Å². The quantitative estimate of drug-likeness (QED) is 0.504. The van der Waals surface area contributed by atoms with E-state index in [-0.39, 0.29) is 12.0 Å². The highest BCUT2D eigenvalue weighted by atomic mass is 16.5. The van der Waals surface area contributed by atoms with Gasteiger partial charge in [0.2, 0.25) is 5.91 Å². The van der Waals surface area contributed by atoms with E-state index in [1.807, 2.05) is 0 Å². The molecule has 0 unspecified atom stereocenters. The monoisotopic (exact) mass is 295 g/mol. The van der Waals surface area contributed by atoms with Gasteiger partial charge in [-0.2, -0.15) is 0 Å². The zero-order valence-corrected chi connectivity index (χ0v) is 12.6. The first kappa shape index (κ1) is 16.0. The molecule has 2 bridgehead atoms. The highest BCUT2D eigenvalue weighted by molar-refractivity contribution is 5.87. The zero-order chi connectivity index (χ0) is 15.2. The molecule has 5 nitrogen and oxygen atoms in total. The molecule has 0 aromatic rings. The third kappa shape index (κ3) is 3.84. The largest absolute Gasteiger partial charge is 0.481 e. The van der Waals surface area contributed by atoms with E-state index in [4.69, 9.17) is 4.74 Å². The Morgan fingerprint density at radius 1 is 1.05 bits per heavy atom. The Labute approximate surface area is 125 Å². The van der Waals surface area contributed by atoms with Gasteiger partial charge in [-0.1, -0.05) is 51.2 Å². The first-order valence-corrected chi connectivity index (χ1v) is 7.99. The molecule has 2 rings (SSSR count). The smallest absolute Gasteiger partial charge is 0.310 e. The Bertz CT molecular complexity index is 407. The summed E-state index contributed by atoms with van der Waals surface area (Å²) in [7, 11) is 0. The van der Waals surface area contributed by atoms with Gasteiger partial charge in [0.25, 0.3) is 0 Å². The van der Waals surface area contributed by atoms with Crippen LogP contribution < -0.4 is 5.32 Å². The fourth-order valence-corrected chi connectivity index (χ4v) is 3.15. The maximum atomic E-state index is 12.2. The Morgan fingerprint density at radius 2 is 1.67 bits per heavy atom. The van der Waals surface area contributed by atoms with Crippen molar-refractivity contribution in [2.75, 3.05) is 6.54 Å². The number of hydrogen-bond donors (Lipinski definition) is 2. The SMILES string of the molecule is CCCCCCCCNC(=O)[C@H]1[C@@H](C(=O)O)[C@@H]2C=C[C@H]1O2. The first-order chi connectivity index (χ1) is 10.1. The lowest BCUT2D eigenvalue weighted by molar-refractivity contribution is -0.146. The minimum atomic E-state index is -0.952. The normalized spacial score (nSPS) is 29.8. The summed E-state index contributed by atoms with van der Waals surface area (Å²) in [4.78, 5) is 23.5. The van der Waals surface area contributed by atoms with E-state index in [1.165, 1.54) is 25.7 Å². The number of carbonyl (C=O) groups is 2. The van der Waals surface area contributed by atoms with Gasteiger partial charge in [0.15, 0.2) is 0 Å². The summed E-state index contributed by atoms with van der Waals surface area (Å²) in [5.74, 6) is -2.47. The zero-order valence-electron chi connectivity index (χ0n) is 12.6. The molecule has 4 atom stereocenters. The summed E-state index contributed by atoms with van der Waals surface area (Å²) in [6.07, 6.45) is 9.73. The summed E-state index contributed by atoms with van der Waals surface area (Å²) in [6, 6.07) is 0. The van der Waals surface area contributed by atoms with Gasteiger partial charge in [-0.3, -0.25) is 9.59 Å². The van der Waals surface area contributed by atoms with Gasteiger partial charge in [-0.05, 0) is 6.42 Å². The molecule has 5 heteroatoms. The number of rotatable bonds is 9. The topological polar surface area (TPSA) is 75.6 Å². The van der Waals surface area contributed by atoms with Crippen LogP contribution >= 0.6 is 0 Å². The molecule has 0 aromatic carbocycles. The average Bonchev–Trinajstić information content (AvgIpc) is 3.06. The first-order valence-electron chi connectivity index (χ1n) is 7.99. The van der Waals surface area contributed by atoms with Crippen molar-refractivity contribution in [3.8, 4) is 0 Å². The van der Waals surface area contributed by atoms with Crippen LogP contribution in [0.2, 0.25) is 0 Å². The number of hydrogen-bond acceptors (Lipinski definition) is 3. The Balaban J connectivity index is 1.71. The number of fused-ring (bicyclic) bond motifs is 2. The van der Waals surface area contributed by atoms with E-state index >= 15 is 0 Å². The van der Waals surface area contributed by atoms with Crippen molar-refractivity contribution >= 4 is 11.9 Å². The molecule has 2 N–H and O–H groups in total. The van der Waals surface area contributed by atoms with Gasteiger partial charge in [-0.25, -0.2) is 0 Å². The van der Waals surface area contributed by atoms with Crippen molar-refractivity contribution in [3.05, 3.63) is 12.2 Å². The number of carboxylic acids is 1. The van der Waals surface area contributed by atoms with Gasteiger partial charge in [0, 0.05) is 6.54 Å².